The van der Waals surface area contributed by atoms with Crippen LogP contribution >= 0.6 is 0 Å². The first kappa shape index (κ1) is 22.7. The molecule has 5 rings (SSSR count). The zero-order valence-corrected chi connectivity index (χ0v) is 19.7. The number of hydrogen-bond donors (Lipinski definition) is 0. The van der Waals surface area contributed by atoms with Gasteiger partial charge in [-0.3, -0.25) is 0 Å². The van der Waals surface area contributed by atoms with Gasteiger partial charge < -0.3 is 9.64 Å². The molecule has 2 unspecified atom stereocenters. The van der Waals surface area contributed by atoms with Gasteiger partial charge in [0.25, 0.3) is 0 Å². The van der Waals surface area contributed by atoms with E-state index in [0.717, 1.165) is 35.4 Å². The van der Waals surface area contributed by atoms with Crippen LogP contribution in [0.1, 0.15) is 36.1 Å². The quantitative estimate of drug-likeness (QED) is 0.408. The number of piperidine rings is 1. The lowest BCUT2D eigenvalue weighted by molar-refractivity contribution is -0.669. The van der Waals surface area contributed by atoms with Crippen molar-refractivity contribution in [3.8, 4) is 17.2 Å². The average Bonchev–Trinajstić information content (AvgIpc) is 3.34. The van der Waals surface area contributed by atoms with Gasteiger partial charge in [-0.25, -0.2) is 13.8 Å². The molecule has 0 saturated carbocycles. The van der Waals surface area contributed by atoms with E-state index in [-0.39, 0.29) is 23.9 Å². The molecule has 0 radical (unpaired) electrons. The highest BCUT2D eigenvalue weighted by Gasteiger charge is 2.37. The number of carbonyl (C=O) groups excluding carboxylic acids is 1. The van der Waals surface area contributed by atoms with Crippen LogP contribution in [-0.2, 0) is 11.8 Å². The van der Waals surface area contributed by atoms with Gasteiger partial charge in [0.05, 0.1) is 26.4 Å². The molecule has 2 atom stereocenters. The van der Waals surface area contributed by atoms with Crippen molar-refractivity contribution in [1.82, 2.24) is 19.7 Å². The lowest BCUT2D eigenvalue weighted by Gasteiger charge is -2.38. The lowest BCUT2D eigenvalue weighted by atomic mass is 9.87. The number of rotatable bonds is 4. The summed E-state index contributed by atoms with van der Waals surface area (Å²) < 4.78 is 22.4. The maximum atomic E-state index is 13.5. The van der Waals surface area contributed by atoms with Gasteiger partial charge in [0, 0.05) is 30.2 Å². The molecule has 2 aromatic carbocycles. The Morgan fingerprint density at radius 2 is 1.86 bits per heavy atom. The van der Waals surface area contributed by atoms with Gasteiger partial charge in [-0.1, -0.05) is 35.3 Å². The summed E-state index contributed by atoms with van der Waals surface area (Å²) in [4.78, 5) is 19.2. The van der Waals surface area contributed by atoms with Crippen molar-refractivity contribution in [3.63, 3.8) is 0 Å². The number of benzene rings is 2. The van der Waals surface area contributed by atoms with Gasteiger partial charge in [0.1, 0.15) is 23.4 Å². The largest absolute Gasteiger partial charge is 0.453 e. The Hall–Kier alpha value is -4.07. The molecule has 0 spiro atoms. The van der Waals surface area contributed by atoms with Crippen LogP contribution in [0.25, 0.3) is 17.2 Å². The third kappa shape index (κ3) is 4.51. The van der Waals surface area contributed by atoms with E-state index < -0.39 is 0 Å². The van der Waals surface area contributed by atoms with Crippen molar-refractivity contribution in [1.29, 1.82) is 0 Å². The molecule has 1 aliphatic rings. The summed E-state index contributed by atoms with van der Waals surface area (Å²) in [6.07, 6.45) is 4.94. The second-order valence-corrected chi connectivity index (χ2v) is 8.73. The van der Waals surface area contributed by atoms with Gasteiger partial charge in [0.15, 0.2) is 0 Å². The van der Waals surface area contributed by atoms with E-state index in [2.05, 4.69) is 4.98 Å². The van der Waals surface area contributed by atoms with Crippen molar-refractivity contribution in [3.05, 3.63) is 96.2 Å². The highest BCUT2D eigenvalue weighted by atomic mass is 19.1. The Kier molecular flexibility index (Phi) is 6.27. The van der Waals surface area contributed by atoms with Crippen LogP contribution in [0.2, 0.25) is 0 Å². The number of methoxy groups -OCH3 is 1. The highest BCUT2D eigenvalue weighted by molar-refractivity contribution is 5.68. The summed E-state index contributed by atoms with van der Waals surface area (Å²) in [7, 11) is 3.33. The van der Waals surface area contributed by atoms with Crippen LogP contribution in [0, 0.1) is 5.82 Å². The molecule has 1 aliphatic heterocycles. The van der Waals surface area contributed by atoms with Crippen LogP contribution in [-0.4, -0.2) is 39.4 Å². The van der Waals surface area contributed by atoms with Crippen molar-refractivity contribution in [2.45, 2.75) is 24.8 Å². The second-order valence-electron chi connectivity index (χ2n) is 8.73. The Labute approximate surface area is 203 Å². The molecule has 178 valence electrons. The number of amides is 1. The fraction of sp³-hybridized carbons (Fsp3) is 0.259. The predicted molar refractivity (Wildman–Crippen MR) is 128 cm³/mol. The Balaban J connectivity index is 1.56. The zero-order valence-electron chi connectivity index (χ0n) is 19.7. The zero-order chi connectivity index (χ0) is 24.4. The molecule has 1 amide bonds. The molecule has 0 N–H and O–H groups in total. The van der Waals surface area contributed by atoms with E-state index in [0.29, 0.717) is 12.5 Å². The van der Waals surface area contributed by atoms with Gasteiger partial charge in [-0.2, -0.15) is 0 Å². The fourth-order valence-electron chi connectivity index (χ4n) is 4.80. The smallest absolute Gasteiger partial charge is 0.422 e. The van der Waals surface area contributed by atoms with Crippen molar-refractivity contribution < 1.29 is 18.5 Å². The molecule has 1 fully saturated rings. The Morgan fingerprint density at radius 1 is 1.09 bits per heavy atom. The first-order valence-electron chi connectivity index (χ1n) is 11.6. The molecular formula is C27H27FN5O2+. The number of likely N-dealkylation sites (tertiary alicyclic amines) is 1. The molecular weight excluding hydrogens is 445 g/mol. The third-order valence-corrected chi connectivity index (χ3v) is 6.56. The van der Waals surface area contributed by atoms with Crippen molar-refractivity contribution in [2.75, 3.05) is 13.7 Å². The number of carbonyl (C=O) groups is 1. The van der Waals surface area contributed by atoms with Crippen molar-refractivity contribution in [2.24, 2.45) is 7.05 Å². The first-order valence-corrected chi connectivity index (χ1v) is 11.6. The van der Waals surface area contributed by atoms with E-state index in [1.807, 2.05) is 65.0 Å². The maximum absolute atomic E-state index is 13.5. The van der Waals surface area contributed by atoms with Crippen LogP contribution in [0.4, 0.5) is 9.18 Å². The minimum absolute atomic E-state index is 0.0118. The summed E-state index contributed by atoms with van der Waals surface area (Å²) >= 11 is 0. The molecule has 0 aliphatic carbocycles. The minimum Gasteiger partial charge on any atom is -0.453 e. The Bertz CT molecular complexity index is 1320. The predicted octanol–water partition coefficient (Wildman–Crippen LogP) is 4.59. The summed E-state index contributed by atoms with van der Waals surface area (Å²) in [5.74, 6) is 0.376. The van der Waals surface area contributed by atoms with Crippen LogP contribution in [0.5, 0.6) is 0 Å². The number of ether oxygens (including phenoxy) is 1. The molecule has 8 heteroatoms. The molecule has 2 aromatic heterocycles. The summed E-state index contributed by atoms with van der Waals surface area (Å²) in [6, 6.07) is 20.2. The molecule has 7 nitrogen and oxygen atoms in total. The SMILES string of the molecule is COC(=O)N1CC(c2cc(-c3ccc(F)cc3)nn2-c2nccc[n+]2C)CCC1c1ccccc1. The highest BCUT2D eigenvalue weighted by Crippen LogP contribution is 2.39. The average molecular weight is 473 g/mol. The topological polar surface area (TPSA) is 64.1 Å². The van der Waals surface area contributed by atoms with E-state index in [4.69, 9.17) is 9.84 Å². The van der Waals surface area contributed by atoms with Crippen LogP contribution in [0.15, 0.2) is 79.1 Å². The standard InChI is InChI=1S/C27H27FN5O2/c1-31-16-6-15-29-26(31)33-25(17-23(30-33)19-9-12-22(28)13-10-19)21-11-14-24(20-7-4-3-5-8-20)32(18-21)27(34)35-2/h3-10,12-13,15-17,21,24H,11,14,18H2,1-2H3/q+1. The summed E-state index contributed by atoms with van der Waals surface area (Å²) in [6.45, 7) is 0.483. The van der Waals surface area contributed by atoms with E-state index >= 15 is 0 Å². The van der Waals surface area contributed by atoms with Gasteiger partial charge in [-0.15, -0.1) is 9.78 Å². The molecule has 4 aromatic rings. The van der Waals surface area contributed by atoms with Gasteiger partial charge >= 0.3 is 12.0 Å². The van der Waals surface area contributed by atoms with E-state index in [1.165, 1.54) is 19.2 Å². The molecule has 0 bridgehead atoms. The molecule has 3 heterocycles. The van der Waals surface area contributed by atoms with Crippen LogP contribution in [0.3, 0.4) is 0 Å². The summed E-state index contributed by atoms with van der Waals surface area (Å²) in [5.41, 5.74) is 3.57. The van der Waals surface area contributed by atoms with Gasteiger partial charge in [0.2, 0.25) is 0 Å². The van der Waals surface area contributed by atoms with Gasteiger partial charge in [-0.05, 0) is 42.7 Å². The number of aromatic nitrogens is 4. The molecule has 35 heavy (non-hydrogen) atoms. The summed E-state index contributed by atoms with van der Waals surface area (Å²) in [5, 5.41) is 4.86. The van der Waals surface area contributed by atoms with Crippen LogP contribution < -0.4 is 4.57 Å². The third-order valence-electron chi connectivity index (χ3n) is 6.56. The molecule has 1 saturated heterocycles. The fourth-order valence-corrected chi connectivity index (χ4v) is 4.80. The normalized spacial score (nSPS) is 17.9. The first-order chi connectivity index (χ1) is 17.0. The van der Waals surface area contributed by atoms with E-state index in [9.17, 15) is 9.18 Å². The number of hydrogen-bond acceptors (Lipinski definition) is 4. The number of halogens is 1. The second kappa shape index (κ2) is 9.66. The minimum atomic E-state index is -0.350. The van der Waals surface area contributed by atoms with E-state index in [1.54, 1.807) is 23.2 Å². The lowest BCUT2D eigenvalue weighted by Crippen LogP contribution is -2.42. The number of aryl methyl sites for hydroxylation is 1. The van der Waals surface area contributed by atoms with Crippen molar-refractivity contribution >= 4 is 6.09 Å². The number of nitrogens with zero attached hydrogens (tertiary/aromatic N) is 5. The maximum Gasteiger partial charge on any atom is 0.422 e. The Morgan fingerprint density at radius 3 is 2.57 bits per heavy atom. The monoisotopic (exact) mass is 472 g/mol.